The first-order valence-electron chi connectivity index (χ1n) is 6.33. The highest BCUT2D eigenvalue weighted by atomic mass is 79.9. The van der Waals surface area contributed by atoms with Crippen LogP contribution in [0.3, 0.4) is 0 Å². The van der Waals surface area contributed by atoms with E-state index in [9.17, 15) is 9.59 Å². The SMILES string of the molecule is CCOC(=O)COc1ccc(/C=N\NC(=O)CC#N)cc1Br. The van der Waals surface area contributed by atoms with Crippen molar-refractivity contribution in [2.75, 3.05) is 13.2 Å². The van der Waals surface area contributed by atoms with Gasteiger partial charge in [0.2, 0.25) is 0 Å². The van der Waals surface area contributed by atoms with Crippen molar-refractivity contribution >= 4 is 34.0 Å². The summed E-state index contributed by atoms with van der Waals surface area (Å²) < 4.78 is 10.7. The molecule has 0 spiro atoms. The summed E-state index contributed by atoms with van der Waals surface area (Å²) in [5, 5.41) is 12.0. The lowest BCUT2D eigenvalue weighted by Gasteiger charge is -2.08. The molecule has 8 heteroatoms. The predicted molar refractivity (Wildman–Crippen MR) is 82.2 cm³/mol. The Labute approximate surface area is 136 Å². The molecule has 22 heavy (non-hydrogen) atoms. The van der Waals surface area contributed by atoms with Gasteiger partial charge in [-0.15, -0.1) is 0 Å². The van der Waals surface area contributed by atoms with Crippen LogP contribution in [0.2, 0.25) is 0 Å². The van der Waals surface area contributed by atoms with E-state index in [1.54, 1.807) is 31.2 Å². The first kappa shape index (κ1) is 17.7. The van der Waals surface area contributed by atoms with Crippen molar-refractivity contribution in [2.45, 2.75) is 13.3 Å². The molecular formula is C14H14BrN3O4. The maximum absolute atomic E-state index is 11.2. The van der Waals surface area contributed by atoms with Crippen LogP contribution in [-0.2, 0) is 14.3 Å². The Bertz CT molecular complexity index is 611. The molecule has 0 aromatic heterocycles. The second-order valence-electron chi connectivity index (χ2n) is 3.91. The van der Waals surface area contributed by atoms with Crippen LogP contribution < -0.4 is 10.2 Å². The zero-order chi connectivity index (χ0) is 16.4. The fourth-order valence-electron chi connectivity index (χ4n) is 1.34. The summed E-state index contributed by atoms with van der Waals surface area (Å²) in [4.78, 5) is 22.2. The summed E-state index contributed by atoms with van der Waals surface area (Å²) in [7, 11) is 0. The van der Waals surface area contributed by atoms with E-state index in [2.05, 4.69) is 26.5 Å². The molecule has 1 amide bonds. The molecule has 7 nitrogen and oxygen atoms in total. The number of hydrazone groups is 1. The minimum atomic E-state index is -0.479. The second-order valence-corrected chi connectivity index (χ2v) is 4.77. The van der Waals surface area contributed by atoms with Gasteiger partial charge < -0.3 is 9.47 Å². The van der Waals surface area contributed by atoms with Gasteiger partial charge in [0.15, 0.2) is 6.61 Å². The number of amides is 1. The number of esters is 1. The number of nitrogens with zero attached hydrogens (tertiary/aromatic N) is 2. The minimum Gasteiger partial charge on any atom is -0.481 e. The van der Waals surface area contributed by atoms with Crippen molar-refractivity contribution in [1.82, 2.24) is 5.43 Å². The molecule has 0 unspecified atom stereocenters. The first-order valence-corrected chi connectivity index (χ1v) is 7.13. The van der Waals surface area contributed by atoms with E-state index in [4.69, 9.17) is 14.7 Å². The van der Waals surface area contributed by atoms with Crippen LogP contribution in [0.1, 0.15) is 18.9 Å². The Morgan fingerprint density at radius 1 is 1.50 bits per heavy atom. The van der Waals surface area contributed by atoms with Crippen LogP contribution >= 0.6 is 15.9 Å². The van der Waals surface area contributed by atoms with Crippen LogP contribution in [-0.4, -0.2) is 31.3 Å². The Morgan fingerprint density at radius 3 is 2.91 bits per heavy atom. The van der Waals surface area contributed by atoms with Crippen molar-refractivity contribution < 1.29 is 19.1 Å². The van der Waals surface area contributed by atoms with Gasteiger partial charge in [0.1, 0.15) is 12.2 Å². The molecule has 0 fully saturated rings. The van der Waals surface area contributed by atoms with Gasteiger partial charge >= 0.3 is 5.97 Å². The van der Waals surface area contributed by atoms with Crippen LogP contribution in [0.15, 0.2) is 27.8 Å². The molecule has 1 aromatic carbocycles. The highest BCUT2D eigenvalue weighted by molar-refractivity contribution is 9.10. The third kappa shape index (κ3) is 6.37. The zero-order valence-corrected chi connectivity index (χ0v) is 13.4. The van der Waals surface area contributed by atoms with Crippen molar-refractivity contribution in [3.05, 3.63) is 28.2 Å². The molecule has 0 aliphatic heterocycles. The van der Waals surface area contributed by atoms with Crippen molar-refractivity contribution in [3.8, 4) is 11.8 Å². The van der Waals surface area contributed by atoms with Crippen LogP contribution in [0.25, 0.3) is 0 Å². The summed E-state index contributed by atoms with van der Waals surface area (Å²) in [6, 6.07) is 6.78. The third-order valence-corrected chi connectivity index (χ3v) is 2.87. The number of nitriles is 1. The third-order valence-electron chi connectivity index (χ3n) is 2.25. The number of halogens is 1. The van der Waals surface area contributed by atoms with Gasteiger partial charge in [-0.3, -0.25) is 4.79 Å². The van der Waals surface area contributed by atoms with E-state index < -0.39 is 11.9 Å². The van der Waals surface area contributed by atoms with Crippen molar-refractivity contribution in [3.63, 3.8) is 0 Å². The largest absolute Gasteiger partial charge is 0.481 e. The van der Waals surface area contributed by atoms with Crippen molar-refractivity contribution in [1.29, 1.82) is 5.26 Å². The minimum absolute atomic E-state index is 0.176. The quantitative estimate of drug-likeness (QED) is 0.449. The van der Waals surface area contributed by atoms with E-state index in [0.29, 0.717) is 22.4 Å². The van der Waals surface area contributed by atoms with Gasteiger partial charge in [-0.2, -0.15) is 10.4 Å². The Kier molecular flexibility index (Phi) is 7.64. The molecule has 0 atom stereocenters. The predicted octanol–water partition coefficient (Wildman–Crippen LogP) is 1.75. The molecule has 0 saturated heterocycles. The highest BCUT2D eigenvalue weighted by Gasteiger charge is 2.06. The van der Waals surface area contributed by atoms with E-state index >= 15 is 0 Å². The fraction of sp³-hybridized carbons (Fsp3) is 0.286. The van der Waals surface area contributed by atoms with Crippen LogP contribution in [0.4, 0.5) is 0 Å². The molecule has 0 radical (unpaired) electrons. The summed E-state index contributed by atoms with van der Waals surface area (Å²) in [5.74, 6) is -0.439. The van der Waals surface area contributed by atoms with Crippen LogP contribution in [0.5, 0.6) is 5.75 Å². The number of carbonyl (C=O) groups is 2. The number of carbonyl (C=O) groups excluding carboxylic acids is 2. The molecule has 1 rings (SSSR count). The van der Waals surface area contributed by atoms with Gasteiger partial charge in [0, 0.05) is 0 Å². The van der Waals surface area contributed by atoms with Gasteiger partial charge in [-0.05, 0) is 46.6 Å². The molecular weight excluding hydrogens is 354 g/mol. The fourth-order valence-corrected chi connectivity index (χ4v) is 1.85. The van der Waals surface area contributed by atoms with E-state index in [-0.39, 0.29) is 13.0 Å². The lowest BCUT2D eigenvalue weighted by atomic mass is 10.2. The lowest BCUT2D eigenvalue weighted by molar-refractivity contribution is -0.145. The molecule has 0 aliphatic carbocycles. The van der Waals surface area contributed by atoms with Crippen molar-refractivity contribution in [2.24, 2.45) is 5.10 Å². The first-order chi connectivity index (χ1) is 10.6. The molecule has 0 heterocycles. The number of nitrogens with one attached hydrogen (secondary N) is 1. The molecule has 1 aromatic rings. The highest BCUT2D eigenvalue weighted by Crippen LogP contribution is 2.25. The average Bonchev–Trinajstić information content (AvgIpc) is 2.47. The molecule has 1 N–H and O–H groups in total. The second kappa shape index (κ2) is 9.52. The summed E-state index contributed by atoms with van der Waals surface area (Å²) in [5.41, 5.74) is 2.92. The number of ether oxygens (including phenoxy) is 2. The Hall–Kier alpha value is -2.40. The van der Waals surface area contributed by atoms with Gasteiger partial charge in [-0.1, -0.05) is 0 Å². The standard InChI is InChI=1S/C14H14BrN3O4/c1-2-21-14(20)9-22-12-4-3-10(7-11(12)15)8-17-18-13(19)5-6-16/h3-4,7-8H,2,5,9H2,1H3,(H,18,19)/b17-8-. The van der Waals surface area contributed by atoms with Crippen LogP contribution in [0, 0.1) is 11.3 Å². The monoisotopic (exact) mass is 367 g/mol. The molecule has 0 aliphatic rings. The normalized spacial score (nSPS) is 10.0. The van der Waals surface area contributed by atoms with E-state index in [1.165, 1.54) is 6.21 Å². The topological polar surface area (TPSA) is 101 Å². The molecule has 0 saturated carbocycles. The van der Waals surface area contributed by atoms with Gasteiger partial charge in [-0.25, -0.2) is 10.2 Å². The zero-order valence-electron chi connectivity index (χ0n) is 11.8. The molecule has 0 bridgehead atoms. The lowest BCUT2D eigenvalue weighted by Crippen LogP contribution is -2.16. The average molecular weight is 368 g/mol. The molecule has 116 valence electrons. The Morgan fingerprint density at radius 2 is 2.27 bits per heavy atom. The van der Waals surface area contributed by atoms with E-state index in [1.807, 2.05) is 0 Å². The van der Waals surface area contributed by atoms with Gasteiger partial charge in [0.25, 0.3) is 5.91 Å². The summed E-state index contributed by atoms with van der Waals surface area (Å²) in [6.45, 7) is 1.84. The summed E-state index contributed by atoms with van der Waals surface area (Å²) in [6.07, 6.45) is 1.18. The number of rotatable bonds is 7. The number of hydrogen-bond acceptors (Lipinski definition) is 6. The number of hydrogen-bond donors (Lipinski definition) is 1. The summed E-state index contributed by atoms with van der Waals surface area (Å²) >= 11 is 3.31. The smallest absolute Gasteiger partial charge is 0.344 e. The maximum Gasteiger partial charge on any atom is 0.344 e. The van der Waals surface area contributed by atoms with E-state index in [0.717, 1.165) is 0 Å². The number of benzene rings is 1. The van der Waals surface area contributed by atoms with Gasteiger partial charge in [0.05, 0.1) is 23.4 Å². The Balaban J connectivity index is 2.58. The maximum atomic E-state index is 11.2.